The molecule has 2 nitrogen and oxygen atoms in total. The van der Waals surface area contributed by atoms with Crippen molar-refractivity contribution in [2.75, 3.05) is 20.6 Å². The summed E-state index contributed by atoms with van der Waals surface area (Å²) in [5.41, 5.74) is 3.35. The second-order valence-corrected chi connectivity index (χ2v) is 7.43. The van der Waals surface area contributed by atoms with Gasteiger partial charge in [0.25, 0.3) is 0 Å². The predicted molar refractivity (Wildman–Crippen MR) is 106 cm³/mol. The molecule has 3 aromatic rings. The highest BCUT2D eigenvalue weighted by Crippen LogP contribution is 2.35. The lowest BCUT2D eigenvalue weighted by Gasteiger charge is -2.10. The lowest BCUT2D eigenvalue weighted by atomic mass is 10.1. The van der Waals surface area contributed by atoms with E-state index in [9.17, 15) is 0 Å². The molecule has 126 valence electrons. The summed E-state index contributed by atoms with van der Waals surface area (Å²) in [6, 6.07) is 11.8. The van der Waals surface area contributed by atoms with Crippen molar-refractivity contribution in [2.45, 2.75) is 13.0 Å². The fraction of sp³-hybridized carbons (Fsp3) is 0.263. The summed E-state index contributed by atoms with van der Waals surface area (Å²) < 4.78 is 2.28. The highest BCUT2D eigenvalue weighted by atomic mass is 35.5. The molecule has 0 bridgehead atoms. The Labute approximate surface area is 157 Å². The molecule has 3 rings (SSSR count). The standard InChI is InChI=1S/C19H19Cl3N2/c1-23(2)8-3-9-24-12-16(13-4-6-17(21)18(22)10-13)15-11-14(20)5-7-19(15)24/h4-7,10-12H,3,8-9H2,1-2H3. The van der Waals surface area contributed by atoms with Crippen LogP contribution in [0.5, 0.6) is 0 Å². The summed E-state index contributed by atoms with van der Waals surface area (Å²) in [5, 5.41) is 2.98. The van der Waals surface area contributed by atoms with Crippen LogP contribution >= 0.6 is 34.8 Å². The Bertz CT molecular complexity index is 868. The Balaban J connectivity index is 2.06. The normalized spacial score (nSPS) is 11.6. The Morgan fingerprint density at radius 1 is 0.958 bits per heavy atom. The molecular formula is C19H19Cl3N2. The first-order valence-corrected chi connectivity index (χ1v) is 8.97. The van der Waals surface area contributed by atoms with Crippen LogP contribution in [0.25, 0.3) is 22.0 Å². The molecule has 5 heteroatoms. The van der Waals surface area contributed by atoms with E-state index >= 15 is 0 Å². The minimum atomic E-state index is 0.560. The van der Waals surface area contributed by atoms with E-state index in [1.165, 1.54) is 5.52 Å². The highest BCUT2D eigenvalue weighted by Gasteiger charge is 2.12. The smallest absolute Gasteiger partial charge is 0.0598 e. The minimum Gasteiger partial charge on any atom is -0.347 e. The largest absolute Gasteiger partial charge is 0.347 e. The maximum Gasteiger partial charge on any atom is 0.0598 e. The number of hydrogen-bond donors (Lipinski definition) is 0. The number of aryl methyl sites for hydroxylation is 1. The first-order valence-electron chi connectivity index (χ1n) is 7.84. The molecular weight excluding hydrogens is 363 g/mol. The van der Waals surface area contributed by atoms with Crippen LogP contribution < -0.4 is 0 Å². The summed E-state index contributed by atoms with van der Waals surface area (Å²) in [7, 11) is 4.18. The van der Waals surface area contributed by atoms with Crippen molar-refractivity contribution in [2.24, 2.45) is 0 Å². The topological polar surface area (TPSA) is 8.17 Å². The van der Waals surface area contributed by atoms with Crippen molar-refractivity contribution in [1.82, 2.24) is 9.47 Å². The van der Waals surface area contributed by atoms with Crippen LogP contribution in [0.1, 0.15) is 6.42 Å². The molecule has 0 spiro atoms. The zero-order valence-corrected chi connectivity index (χ0v) is 16.0. The van der Waals surface area contributed by atoms with E-state index in [2.05, 4.69) is 35.8 Å². The quantitative estimate of drug-likeness (QED) is 0.509. The van der Waals surface area contributed by atoms with Gasteiger partial charge in [-0.05, 0) is 63.0 Å². The third-order valence-corrected chi connectivity index (χ3v) is 5.05. The molecule has 0 aliphatic carbocycles. The van der Waals surface area contributed by atoms with Crippen LogP contribution in [-0.2, 0) is 6.54 Å². The molecule has 0 unspecified atom stereocenters. The van der Waals surface area contributed by atoms with Crippen molar-refractivity contribution in [3.63, 3.8) is 0 Å². The van der Waals surface area contributed by atoms with E-state index < -0.39 is 0 Å². The molecule has 1 heterocycles. The van der Waals surface area contributed by atoms with Crippen molar-refractivity contribution in [1.29, 1.82) is 0 Å². The monoisotopic (exact) mass is 380 g/mol. The third kappa shape index (κ3) is 3.73. The zero-order chi connectivity index (χ0) is 17.3. The average molecular weight is 382 g/mol. The van der Waals surface area contributed by atoms with Gasteiger partial charge >= 0.3 is 0 Å². The van der Waals surface area contributed by atoms with Gasteiger partial charge in [-0.25, -0.2) is 0 Å². The third-order valence-electron chi connectivity index (χ3n) is 4.08. The fourth-order valence-corrected chi connectivity index (χ4v) is 3.38. The molecule has 0 saturated heterocycles. The van der Waals surface area contributed by atoms with E-state index in [0.717, 1.165) is 41.0 Å². The van der Waals surface area contributed by atoms with E-state index in [1.54, 1.807) is 0 Å². The van der Waals surface area contributed by atoms with Crippen molar-refractivity contribution < 1.29 is 0 Å². The fourth-order valence-electron chi connectivity index (χ4n) is 2.91. The number of nitrogens with zero attached hydrogens (tertiary/aromatic N) is 2. The lowest BCUT2D eigenvalue weighted by Crippen LogP contribution is -2.14. The van der Waals surface area contributed by atoms with E-state index in [0.29, 0.717) is 10.0 Å². The number of halogens is 3. The first kappa shape index (κ1) is 17.6. The van der Waals surface area contributed by atoms with E-state index in [1.807, 2.05) is 30.3 Å². The van der Waals surface area contributed by atoms with Crippen molar-refractivity contribution in [3.05, 3.63) is 57.7 Å². The Morgan fingerprint density at radius 3 is 2.46 bits per heavy atom. The molecule has 0 atom stereocenters. The van der Waals surface area contributed by atoms with Gasteiger partial charge < -0.3 is 9.47 Å². The number of fused-ring (bicyclic) bond motifs is 1. The molecule has 0 radical (unpaired) electrons. The minimum absolute atomic E-state index is 0.560. The zero-order valence-electron chi connectivity index (χ0n) is 13.7. The van der Waals surface area contributed by atoms with Crippen molar-refractivity contribution in [3.8, 4) is 11.1 Å². The van der Waals surface area contributed by atoms with Gasteiger partial charge in [-0.1, -0.05) is 40.9 Å². The maximum atomic E-state index is 6.23. The van der Waals surface area contributed by atoms with Gasteiger partial charge in [-0.3, -0.25) is 0 Å². The first-order chi connectivity index (χ1) is 11.5. The van der Waals surface area contributed by atoms with Crippen LogP contribution in [0.2, 0.25) is 15.1 Å². The molecule has 2 aromatic carbocycles. The second kappa shape index (κ2) is 7.37. The van der Waals surface area contributed by atoms with Crippen LogP contribution in [0.4, 0.5) is 0 Å². The van der Waals surface area contributed by atoms with E-state index in [-0.39, 0.29) is 0 Å². The number of rotatable bonds is 5. The summed E-state index contributed by atoms with van der Waals surface area (Å²) in [5.74, 6) is 0. The van der Waals surface area contributed by atoms with Gasteiger partial charge in [0.2, 0.25) is 0 Å². The van der Waals surface area contributed by atoms with Crippen molar-refractivity contribution >= 4 is 45.7 Å². The molecule has 0 amide bonds. The predicted octanol–water partition coefficient (Wildman–Crippen LogP) is 6.22. The van der Waals surface area contributed by atoms with Crippen LogP contribution in [0.15, 0.2) is 42.6 Å². The van der Waals surface area contributed by atoms with Gasteiger partial charge in [0.1, 0.15) is 0 Å². The number of benzene rings is 2. The Kier molecular flexibility index (Phi) is 5.41. The summed E-state index contributed by atoms with van der Waals surface area (Å²) in [6.45, 7) is 2.01. The van der Waals surface area contributed by atoms with Gasteiger partial charge in [0.15, 0.2) is 0 Å². The molecule has 0 fully saturated rings. The lowest BCUT2D eigenvalue weighted by molar-refractivity contribution is 0.388. The molecule has 0 N–H and O–H groups in total. The molecule has 1 aromatic heterocycles. The Morgan fingerprint density at radius 2 is 1.75 bits per heavy atom. The Hall–Kier alpha value is -1.19. The van der Waals surface area contributed by atoms with Gasteiger partial charge in [0, 0.05) is 34.2 Å². The highest BCUT2D eigenvalue weighted by molar-refractivity contribution is 6.42. The summed E-state index contributed by atoms with van der Waals surface area (Å²) in [4.78, 5) is 2.20. The van der Waals surface area contributed by atoms with Crippen LogP contribution in [0.3, 0.4) is 0 Å². The van der Waals surface area contributed by atoms with Gasteiger partial charge in [-0.2, -0.15) is 0 Å². The molecule has 0 saturated carbocycles. The van der Waals surface area contributed by atoms with Gasteiger partial charge in [-0.15, -0.1) is 0 Å². The SMILES string of the molecule is CN(C)CCCn1cc(-c2ccc(Cl)c(Cl)c2)c2cc(Cl)ccc21. The number of hydrogen-bond acceptors (Lipinski definition) is 1. The molecule has 24 heavy (non-hydrogen) atoms. The molecule has 0 aliphatic rings. The van der Waals surface area contributed by atoms with Crippen LogP contribution in [0, 0.1) is 0 Å². The van der Waals surface area contributed by atoms with Gasteiger partial charge in [0.05, 0.1) is 10.0 Å². The maximum absolute atomic E-state index is 6.23. The summed E-state index contributed by atoms with van der Waals surface area (Å²) >= 11 is 18.5. The molecule has 0 aliphatic heterocycles. The average Bonchev–Trinajstić information content (AvgIpc) is 2.88. The van der Waals surface area contributed by atoms with Crippen LogP contribution in [-0.4, -0.2) is 30.1 Å². The summed E-state index contributed by atoms with van der Waals surface area (Å²) in [6.07, 6.45) is 3.26. The van der Waals surface area contributed by atoms with E-state index in [4.69, 9.17) is 34.8 Å². The number of aromatic nitrogens is 1. The second-order valence-electron chi connectivity index (χ2n) is 6.18.